The van der Waals surface area contributed by atoms with Crippen LogP contribution in [0.5, 0.6) is 0 Å². The Morgan fingerprint density at radius 1 is 1.05 bits per heavy atom. The molecule has 2 aromatic rings. The third-order valence-electron chi connectivity index (χ3n) is 3.58. The van der Waals surface area contributed by atoms with Gasteiger partial charge in [0.25, 0.3) is 0 Å². The van der Waals surface area contributed by atoms with Gasteiger partial charge in [0.2, 0.25) is 0 Å². The van der Waals surface area contributed by atoms with Gasteiger partial charge in [0, 0.05) is 15.0 Å². The van der Waals surface area contributed by atoms with Crippen LogP contribution in [-0.2, 0) is 6.42 Å². The molecule has 0 bridgehead atoms. The fourth-order valence-electron chi connectivity index (χ4n) is 2.54. The Morgan fingerprint density at radius 3 is 2.48 bits per heavy atom. The van der Waals surface area contributed by atoms with Gasteiger partial charge in [-0.15, -0.1) is 0 Å². The van der Waals surface area contributed by atoms with Crippen molar-refractivity contribution in [2.45, 2.75) is 32.7 Å². The quantitative estimate of drug-likeness (QED) is 0.634. The Bertz CT molecular complexity index is 596. The average Bonchev–Trinajstić information content (AvgIpc) is 2.44. The lowest BCUT2D eigenvalue weighted by Gasteiger charge is -2.21. The number of halogens is 2. The van der Waals surface area contributed by atoms with E-state index in [4.69, 9.17) is 0 Å². The van der Waals surface area contributed by atoms with Gasteiger partial charge >= 0.3 is 0 Å². The molecule has 21 heavy (non-hydrogen) atoms. The molecule has 2 aromatic carbocycles. The van der Waals surface area contributed by atoms with Crippen molar-refractivity contribution in [3.8, 4) is 0 Å². The minimum Gasteiger partial charge on any atom is -0.310 e. The Labute approximate surface area is 144 Å². The Hall–Kier alpha value is -0.640. The molecule has 3 heteroatoms. The predicted molar refractivity (Wildman–Crippen MR) is 97.8 cm³/mol. The van der Waals surface area contributed by atoms with Gasteiger partial charge in [-0.05, 0) is 67.3 Å². The van der Waals surface area contributed by atoms with Crippen molar-refractivity contribution >= 4 is 31.9 Å². The number of nitrogens with one attached hydrogen (secondary N) is 1. The molecule has 0 amide bonds. The molecule has 0 aromatic heterocycles. The molecular formula is C18H21Br2N. The Kier molecular flexibility index (Phi) is 6.46. The minimum absolute atomic E-state index is 0.354. The molecule has 0 aliphatic rings. The summed E-state index contributed by atoms with van der Waals surface area (Å²) in [5.41, 5.74) is 4.06. The summed E-state index contributed by atoms with van der Waals surface area (Å²) in [5, 5.41) is 3.68. The summed E-state index contributed by atoms with van der Waals surface area (Å²) in [7, 11) is 0. The second-order valence-corrected chi connectivity index (χ2v) is 7.17. The Morgan fingerprint density at radius 2 is 1.81 bits per heavy atom. The average molecular weight is 411 g/mol. The number of hydrogen-bond donors (Lipinski definition) is 1. The molecule has 0 radical (unpaired) electrons. The fraction of sp³-hybridized carbons (Fsp3) is 0.333. The first-order chi connectivity index (χ1) is 10.1. The van der Waals surface area contributed by atoms with Crippen molar-refractivity contribution < 1.29 is 0 Å². The summed E-state index contributed by atoms with van der Waals surface area (Å²) in [4.78, 5) is 0. The summed E-state index contributed by atoms with van der Waals surface area (Å²) in [6.07, 6.45) is 2.15. The molecular weight excluding hydrogens is 390 g/mol. The van der Waals surface area contributed by atoms with Crippen LogP contribution in [0.3, 0.4) is 0 Å². The van der Waals surface area contributed by atoms with E-state index in [0.717, 1.165) is 28.3 Å². The van der Waals surface area contributed by atoms with E-state index in [1.165, 1.54) is 16.7 Å². The van der Waals surface area contributed by atoms with Crippen LogP contribution in [0.4, 0.5) is 0 Å². The second-order valence-electron chi connectivity index (χ2n) is 5.34. The molecule has 0 heterocycles. The van der Waals surface area contributed by atoms with Crippen LogP contribution in [-0.4, -0.2) is 6.54 Å². The smallest absolute Gasteiger partial charge is 0.0363 e. The first-order valence-electron chi connectivity index (χ1n) is 7.34. The first-order valence-corrected chi connectivity index (χ1v) is 8.92. The lowest BCUT2D eigenvalue weighted by molar-refractivity contribution is 0.527. The molecule has 0 aliphatic carbocycles. The lowest BCUT2D eigenvalue weighted by Crippen LogP contribution is -2.24. The highest BCUT2D eigenvalue weighted by atomic mass is 79.9. The van der Waals surface area contributed by atoms with E-state index in [1.54, 1.807) is 0 Å². The highest BCUT2D eigenvalue weighted by Crippen LogP contribution is 2.25. The van der Waals surface area contributed by atoms with E-state index in [9.17, 15) is 0 Å². The van der Waals surface area contributed by atoms with E-state index in [2.05, 4.69) is 93.5 Å². The third-order valence-corrected chi connectivity index (χ3v) is 4.56. The maximum atomic E-state index is 3.68. The third kappa shape index (κ3) is 4.94. The molecule has 112 valence electrons. The summed E-state index contributed by atoms with van der Waals surface area (Å²) in [6.45, 7) is 5.42. The zero-order chi connectivity index (χ0) is 15.2. The minimum atomic E-state index is 0.354. The molecule has 0 fully saturated rings. The van der Waals surface area contributed by atoms with E-state index in [-0.39, 0.29) is 0 Å². The van der Waals surface area contributed by atoms with Crippen molar-refractivity contribution in [1.29, 1.82) is 0 Å². The number of aryl methyl sites for hydroxylation is 1. The van der Waals surface area contributed by atoms with Gasteiger partial charge in [0.15, 0.2) is 0 Å². The monoisotopic (exact) mass is 409 g/mol. The highest BCUT2D eigenvalue weighted by Gasteiger charge is 2.14. The second kappa shape index (κ2) is 8.11. The normalized spacial score (nSPS) is 12.4. The van der Waals surface area contributed by atoms with Gasteiger partial charge in [-0.1, -0.05) is 57.0 Å². The summed E-state index contributed by atoms with van der Waals surface area (Å²) in [5.74, 6) is 0. The van der Waals surface area contributed by atoms with Crippen molar-refractivity contribution in [1.82, 2.24) is 5.32 Å². The van der Waals surface area contributed by atoms with Gasteiger partial charge in [0.05, 0.1) is 0 Å². The topological polar surface area (TPSA) is 12.0 Å². The molecule has 0 aliphatic heterocycles. The van der Waals surface area contributed by atoms with Crippen LogP contribution >= 0.6 is 31.9 Å². The molecule has 0 spiro atoms. The van der Waals surface area contributed by atoms with Crippen molar-refractivity contribution in [3.63, 3.8) is 0 Å². The molecule has 2 rings (SSSR count). The van der Waals surface area contributed by atoms with Gasteiger partial charge in [-0.2, -0.15) is 0 Å². The van der Waals surface area contributed by atoms with E-state index < -0.39 is 0 Å². The van der Waals surface area contributed by atoms with E-state index in [0.29, 0.717) is 6.04 Å². The van der Waals surface area contributed by atoms with Gasteiger partial charge in [-0.3, -0.25) is 0 Å². The zero-order valence-electron chi connectivity index (χ0n) is 12.5. The highest BCUT2D eigenvalue weighted by molar-refractivity contribution is 9.10. The van der Waals surface area contributed by atoms with Crippen LogP contribution in [0.1, 0.15) is 36.1 Å². The van der Waals surface area contributed by atoms with Crippen LogP contribution in [0.25, 0.3) is 0 Å². The summed E-state index contributed by atoms with van der Waals surface area (Å²) < 4.78 is 2.28. The summed E-state index contributed by atoms with van der Waals surface area (Å²) >= 11 is 7.11. The molecule has 1 N–H and O–H groups in total. The Balaban J connectivity index is 2.25. The van der Waals surface area contributed by atoms with Gasteiger partial charge in [-0.25, -0.2) is 0 Å². The predicted octanol–water partition coefficient (Wildman–Crippen LogP) is 5.80. The molecule has 0 saturated heterocycles. The first kappa shape index (κ1) is 16.7. The molecule has 1 nitrogen and oxygen atoms in total. The molecule has 0 saturated carbocycles. The molecule has 1 unspecified atom stereocenters. The lowest BCUT2D eigenvalue weighted by atomic mass is 9.95. The standard InChI is InChI=1S/C18H21Br2N/c1-3-9-21-18(12-14-5-4-6-15(19)11-14)17-8-7-16(20)10-13(17)2/h4-8,10-11,18,21H,3,9,12H2,1-2H3. The van der Waals surface area contributed by atoms with Crippen molar-refractivity contribution in [3.05, 3.63) is 68.1 Å². The van der Waals surface area contributed by atoms with Crippen molar-refractivity contribution in [2.24, 2.45) is 0 Å². The fourth-order valence-corrected chi connectivity index (χ4v) is 3.46. The largest absolute Gasteiger partial charge is 0.310 e. The van der Waals surface area contributed by atoms with Gasteiger partial charge < -0.3 is 5.32 Å². The number of rotatable bonds is 6. The zero-order valence-corrected chi connectivity index (χ0v) is 15.7. The van der Waals surface area contributed by atoms with Crippen molar-refractivity contribution in [2.75, 3.05) is 6.54 Å². The van der Waals surface area contributed by atoms with Crippen LogP contribution < -0.4 is 5.32 Å². The molecule has 1 atom stereocenters. The SMILES string of the molecule is CCCNC(Cc1cccc(Br)c1)c1ccc(Br)cc1C. The van der Waals surface area contributed by atoms with Crippen LogP contribution in [0.15, 0.2) is 51.4 Å². The maximum Gasteiger partial charge on any atom is 0.0363 e. The number of hydrogen-bond acceptors (Lipinski definition) is 1. The maximum absolute atomic E-state index is 3.68. The van der Waals surface area contributed by atoms with Crippen LogP contribution in [0.2, 0.25) is 0 Å². The van der Waals surface area contributed by atoms with E-state index in [1.807, 2.05) is 0 Å². The van der Waals surface area contributed by atoms with Gasteiger partial charge in [0.1, 0.15) is 0 Å². The van der Waals surface area contributed by atoms with Crippen LogP contribution in [0, 0.1) is 6.92 Å². The van der Waals surface area contributed by atoms with E-state index >= 15 is 0 Å². The number of benzene rings is 2. The summed E-state index contributed by atoms with van der Waals surface area (Å²) in [6, 6.07) is 15.5.